The molecule has 160 valence electrons. The normalized spacial score (nSPS) is 25.1. The third-order valence-electron chi connectivity index (χ3n) is 5.38. The number of hydrogen-bond acceptors (Lipinski definition) is 5. The van der Waals surface area contributed by atoms with Crippen molar-refractivity contribution in [2.45, 2.75) is 43.5 Å². The minimum absolute atomic E-state index is 0.135. The number of alkyl halides is 3. The summed E-state index contributed by atoms with van der Waals surface area (Å²) in [6, 6.07) is 0.603. The molecule has 0 amide bonds. The fraction of sp³-hybridized carbons (Fsp3) is 0.824. The molecule has 1 atom stereocenters. The second-order valence-corrected chi connectivity index (χ2v) is 10.0. The first-order valence-electron chi connectivity index (χ1n) is 9.36. The summed E-state index contributed by atoms with van der Waals surface area (Å²) < 4.78 is 71.9. The summed E-state index contributed by atoms with van der Waals surface area (Å²) in [5.41, 5.74) is -1.33. The van der Waals surface area contributed by atoms with Crippen LogP contribution in [0.15, 0.2) is 11.1 Å². The molecule has 0 saturated carbocycles. The first-order chi connectivity index (χ1) is 12.9. The van der Waals surface area contributed by atoms with Gasteiger partial charge in [0.1, 0.15) is 0 Å². The van der Waals surface area contributed by atoms with Crippen molar-refractivity contribution in [1.82, 2.24) is 19.0 Å². The van der Waals surface area contributed by atoms with Crippen LogP contribution < -0.4 is 0 Å². The summed E-state index contributed by atoms with van der Waals surface area (Å²) in [6.07, 6.45) is -2.74. The molecule has 0 radical (unpaired) electrons. The molecule has 7 nitrogen and oxygen atoms in total. The average molecular weight is 424 g/mol. The zero-order valence-corrected chi connectivity index (χ0v) is 17.2. The zero-order valence-electron chi connectivity index (χ0n) is 16.4. The molecule has 2 aliphatic rings. The van der Waals surface area contributed by atoms with Crippen LogP contribution in [0.4, 0.5) is 13.2 Å². The van der Waals surface area contributed by atoms with Gasteiger partial charge in [-0.2, -0.15) is 22.6 Å². The van der Waals surface area contributed by atoms with Gasteiger partial charge in [-0.25, -0.2) is 8.42 Å². The maximum absolute atomic E-state index is 12.8. The number of halogens is 3. The number of ether oxygens (including phenoxy) is 1. The Morgan fingerprint density at radius 3 is 2.43 bits per heavy atom. The van der Waals surface area contributed by atoms with E-state index in [0.29, 0.717) is 25.1 Å². The molecule has 2 fully saturated rings. The third-order valence-corrected chi connectivity index (χ3v) is 7.33. The molecule has 11 heteroatoms. The first-order valence-corrected chi connectivity index (χ1v) is 10.8. The van der Waals surface area contributed by atoms with E-state index in [4.69, 9.17) is 4.74 Å². The average Bonchev–Trinajstić information content (AvgIpc) is 2.97. The summed E-state index contributed by atoms with van der Waals surface area (Å²) in [7, 11) is -2.81. The number of aromatic nitrogens is 2. The minimum Gasteiger partial charge on any atom is -0.376 e. The Morgan fingerprint density at radius 2 is 1.89 bits per heavy atom. The number of aryl methyl sites for hydroxylation is 1. The van der Waals surface area contributed by atoms with E-state index in [1.54, 1.807) is 0 Å². The minimum atomic E-state index is -4.68. The van der Waals surface area contributed by atoms with Crippen LogP contribution >= 0.6 is 0 Å². The predicted molar refractivity (Wildman–Crippen MR) is 96.2 cm³/mol. The van der Waals surface area contributed by atoms with Crippen molar-refractivity contribution >= 4 is 10.0 Å². The standard InChI is InChI=1S/C17H27F3N4O3S/c1-16(2)11-13(4-9-27-16)12-23-5-7-24(8-6-23)28(25,26)15-10-14(17(18,19)20)21-22(15)3/h10,13H,4-9,11-12H2,1-3H3/t13-/m0/s1. The van der Waals surface area contributed by atoms with Gasteiger partial charge in [0.15, 0.2) is 10.7 Å². The molecule has 2 aliphatic heterocycles. The van der Waals surface area contributed by atoms with Gasteiger partial charge in [0.05, 0.1) is 5.60 Å². The van der Waals surface area contributed by atoms with Crippen molar-refractivity contribution in [3.8, 4) is 0 Å². The number of rotatable bonds is 4. The van der Waals surface area contributed by atoms with Crippen LogP contribution in [0.25, 0.3) is 0 Å². The molecule has 3 heterocycles. The third kappa shape index (κ3) is 4.69. The van der Waals surface area contributed by atoms with E-state index < -0.39 is 26.9 Å². The van der Waals surface area contributed by atoms with E-state index in [9.17, 15) is 21.6 Å². The van der Waals surface area contributed by atoms with E-state index >= 15 is 0 Å². The molecule has 2 saturated heterocycles. The van der Waals surface area contributed by atoms with Gasteiger partial charge < -0.3 is 9.64 Å². The Labute approximate surface area is 163 Å². The summed E-state index contributed by atoms with van der Waals surface area (Å²) in [4.78, 5) is 2.22. The quantitative estimate of drug-likeness (QED) is 0.739. The highest BCUT2D eigenvalue weighted by Gasteiger charge is 2.39. The molecule has 0 bridgehead atoms. The lowest BCUT2D eigenvalue weighted by Gasteiger charge is -2.40. The van der Waals surface area contributed by atoms with Crippen molar-refractivity contribution in [2.24, 2.45) is 13.0 Å². The second kappa shape index (κ2) is 7.58. The fourth-order valence-corrected chi connectivity index (χ4v) is 5.54. The summed E-state index contributed by atoms with van der Waals surface area (Å²) in [5.74, 6) is 0.498. The number of sulfonamides is 1. The van der Waals surface area contributed by atoms with Gasteiger partial charge in [0.2, 0.25) is 0 Å². The van der Waals surface area contributed by atoms with E-state index in [0.717, 1.165) is 30.7 Å². The molecule has 0 aliphatic carbocycles. The Bertz CT molecular complexity index is 799. The lowest BCUT2D eigenvalue weighted by molar-refractivity contribution is -0.141. The molecule has 1 aromatic rings. The molecule has 28 heavy (non-hydrogen) atoms. The maximum Gasteiger partial charge on any atom is 0.435 e. The van der Waals surface area contributed by atoms with E-state index in [1.165, 1.54) is 11.4 Å². The summed E-state index contributed by atoms with van der Waals surface area (Å²) >= 11 is 0. The largest absolute Gasteiger partial charge is 0.435 e. The van der Waals surface area contributed by atoms with Crippen LogP contribution in [0.5, 0.6) is 0 Å². The summed E-state index contributed by atoms with van der Waals surface area (Å²) in [6.45, 7) is 7.38. The second-order valence-electron chi connectivity index (χ2n) is 8.16. The maximum atomic E-state index is 12.8. The van der Waals surface area contributed by atoms with Crippen LogP contribution in [0.3, 0.4) is 0 Å². The van der Waals surface area contributed by atoms with Gasteiger partial charge in [0.25, 0.3) is 10.0 Å². The number of nitrogens with zero attached hydrogens (tertiary/aromatic N) is 4. The summed E-state index contributed by atoms with van der Waals surface area (Å²) in [5, 5.41) is 2.88. The van der Waals surface area contributed by atoms with Gasteiger partial charge in [-0.05, 0) is 32.6 Å². The zero-order chi connectivity index (χ0) is 20.7. The van der Waals surface area contributed by atoms with Gasteiger partial charge in [0, 0.05) is 52.4 Å². The molecule has 0 unspecified atom stereocenters. The molecule has 1 aromatic heterocycles. The molecule has 0 spiro atoms. The van der Waals surface area contributed by atoms with Crippen LogP contribution in [0.1, 0.15) is 32.4 Å². The van der Waals surface area contributed by atoms with E-state index in [-0.39, 0.29) is 18.7 Å². The SMILES string of the molecule is Cn1nc(C(F)(F)F)cc1S(=O)(=O)N1CCN(C[C@H]2CCOC(C)(C)C2)CC1. The Morgan fingerprint density at radius 1 is 1.25 bits per heavy atom. The van der Waals surface area contributed by atoms with E-state index in [1.807, 2.05) is 0 Å². The highest BCUT2D eigenvalue weighted by Crippen LogP contribution is 2.31. The molecule has 0 N–H and O–H groups in total. The van der Waals surface area contributed by atoms with Gasteiger partial charge >= 0.3 is 6.18 Å². The number of hydrogen-bond donors (Lipinski definition) is 0. The highest BCUT2D eigenvalue weighted by molar-refractivity contribution is 7.89. The number of piperazine rings is 1. The lowest BCUT2D eigenvalue weighted by atomic mass is 9.88. The molecular formula is C17H27F3N4O3S. The van der Waals surface area contributed by atoms with E-state index in [2.05, 4.69) is 23.8 Å². The highest BCUT2D eigenvalue weighted by atomic mass is 32.2. The van der Waals surface area contributed by atoms with Crippen LogP contribution in [-0.2, 0) is 28.0 Å². The first kappa shape index (κ1) is 21.5. The monoisotopic (exact) mass is 424 g/mol. The van der Waals surface area contributed by atoms with Gasteiger partial charge in [-0.1, -0.05) is 0 Å². The van der Waals surface area contributed by atoms with Gasteiger partial charge in [-0.3, -0.25) is 4.68 Å². The van der Waals surface area contributed by atoms with Gasteiger partial charge in [-0.15, -0.1) is 0 Å². The van der Waals surface area contributed by atoms with Crippen LogP contribution in [0.2, 0.25) is 0 Å². The fourth-order valence-electron chi connectivity index (χ4n) is 3.99. The van der Waals surface area contributed by atoms with Crippen LogP contribution in [-0.4, -0.2) is 72.3 Å². The Kier molecular flexibility index (Phi) is 5.83. The van der Waals surface area contributed by atoms with Crippen molar-refractivity contribution in [1.29, 1.82) is 0 Å². The topological polar surface area (TPSA) is 67.7 Å². The lowest BCUT2D eigenvalue weighted by Crippen LogP contribution is -2.50. The van der Waals surface area contributed by atoms with Crippen molar-refractivity contribution in [3.05, 3.63) is 11.8 Å². The molecular weight excluding hydrogens is 397 g/mol. The van der Waals surface area contributed by atoms with Crippen LogP contribution in [0, 0.1) is 5.92 Å². The van der Waals surface area contributed by atoms with Crippen molar-refractivity contribution < 1.29 is 26.3 Å². The Hall–Kier alpha value is -1.17. The smallest absolute Gasteiger partial charge is 0.376 e. The molecule has 0 aromatic carbocycles. The Balaban J connectivity index is 1.62. The predicted octanol–water partition coefficient (Wildman–Crippen LogP) is 1.95. The van der Waals surface area contributed by atoms with Crippen molar-refractivity contribution in [3.63, 3.8) is 0 Å². The van der Waals surface area contributed by atoms with Crippen molar-refractivity contribution in [2.75, 3.05) is 39.3 Å². The molecule has 3 rings (SSSR count).